The number of thiazole rings is 1. The Hall–Kier alpha value is -1.76. The highest BCUT2D eigenvalue weighted by Crippen LogP contribution is 2.36. The largest absolute Gasteiger partial charge is 0.507 e. The average molecular weight is 480 g/mol. The summed E-state index contributed by atoms with van der Waals surface area (Å²) in [6.07, 6.45) is 1.60. The van der Waals surface area contributed by atoms with Crippen LogP contribution in [0.5, 0.6) is 5.75 Å². The number of aromatic nitrogens is 1. The van der Waals surface area contributed by atoms with Gasteiger partial charge in [-0.1, -0.05) is 52.6 Å². The summed E-state index contributed by atoms with van der Waals surface area (Å²) in [4.78, 5) is 9.11. The molecular formula is C21H13Cl3N2OS2. The summed E-state index contributed by atoms with van der Waals surface area (Å²) >= 11 is 21.7. The fourth-order valence-corrected chi connectivity index (χ4v) is 5.63. The van der Waals surface area contributed by atoms with Crippen LogP contribution in [0.4, 0.5) is 5.69 Å². The van der Waals surface area contributed by atoms with E-state index in [1.54, 1.807) is 47.5 Å². The van der Waals surface area contributed by atoms with Gasteiger partial charge in [-0.15, -0.1) is 11.3 Å². The lowest BCUT2D eigenvalue weighted by molar-refractivity contribution is 0.474. The Kier molecular flexibility index (Phi) is 6.32. The second kappa shape index (κ2) is 8.94. The molecule has 0 amide bonds. The minimum absolute atomic E-state index is 0.133. The van der Waals surface area contributed by atoms with E-state index in [2.05, 4.69) is 9.98 Å². The first-order valence-electron chi connectivity index (χ1n) is 8.48. The summed E-state index contributed by atoms with van der Waals surface area (Å²) in [6, 6.07) is 16.1. The van der Waals surface area contributed by atoms with E-state index in [1.165, 1.54) is 0 Å². The summed E-state index contributed by atoms with van der Waals surface area (Å²) in [5.74, 6) is 0.783. The SMILES string of the molecule is Oc1ccc(Cl)cc1C=Nc1ccc2nc(SCc3c(Cl)cccc3Cl)sc2c1. The minimum atomic E-state index is 0.133. The summed E-state index contributed by atoms with van der Waals surface area (Å²) in [7, 11) is 0. The summed E-state index contributed by atoms with van der Waals surface area (Å²) in [5, 5.41) is 11.8. The minimum Gasteiger partial charge on any atom is -0.507 e. The van der Waals surface area contributed by atoms with Crippen molar-refractivity contribution in [1.82, 2.24) is 4.98 Å². The van der Waals surface area contributed by atoms with Gasteiger partial charge in [0.1, 0.15) is 5.75 Å². The molecule has 1 heterocycles. The third kappa shape index (κ3) is 4.87. The molecule has 0 bridgehead atoms. The fourth-order valence-electron chi connectivity index (χ4n) is 2.61. The van der Waals surface area contributed by atoms with Gasteiger partial charge in [0.15, 0.2) is 4.34 Å². The van der Waals surface area contributed by atoms with Gasteiger partial charge in [0.25, 0.3) is 0 Å². The number of fused-ring (bicyclic) bond motifs is 1. The van der Waals surface area contributed by atoms with Gasteiger partial charge in [-0.3, -0.25) is 4.99 Å². The molecule has 3 nitrogen and oxygen atoms in total. The van der Waals surface area contributed by atoms with Crippen molar-refractivity contribution in [3.8, 4) is 5.75 Å². The Morgan fingerprint density at radius 3 is 2.62 bits per heavy atom. The number of nitrogens with zero attached hydrogens (tertiary/aromatic N) is 2. The van der Waals surface area contributed by atoms with Crippen LogP contribution in [-0.4, -0.2) is 16.3 Å². The maximum atomic E-state index is 9.90. The number of aliphatic imine (C=N–C) groups is 1. The molecule has 0 aliphatic carbocycles. The number of hydrogen-bond acceptors (Lipinski definition) is 5. The molecular weight excluding hydrogens is 467 g/mol. The zero-order valence-electron chi connectivity index (χ0n) is 14.8. The monoisotopic (exact) mass is 478 g/mol. The molecule has 0 fully saturated rings. The number of thioether (sulfide) groups is 1. The summed E-state index contributed by atoms with van der Waals surface area (Å²) in [5.41, 5.74) is 3.15. The molecule has 29 heavy (non-hydrogen) atoms. The van der Waals surface area contributed by atoms with Crippen molar-refractivity contribution >= 4 is 80.0 Å². The van der Waals surface area contributed by atoms with Crippen LogP contribution in [0.3, 0.4) is 0 Å². The average Bonchev–Trinajstić information content (AvgIpc) is 3.10. The maximum absolute atomic E-state index is 9.90. The molecule has 0 aliphatic rings. The van der Waals surface area contributed by atoms with Gasteiger partial charge in [0.2, 0.25) is 0 Å². The molecule has 0 unspecified atom stereocenters. The molecule has 0 saturated heterocycles. The summed E-state index contributed by atoms with van der Waals surface area (Å²) in [6.45, 7) is 0. The second-order valence-electron chi connectivity index (χ2n) is 6.08. The van der Waals surface area contributed by atoms with E-state index >= 15 is 0 Å². The first-order valence-corrected chi connectivity index (χ1v) is 11.4. The van der Waals surface area contributed by atoms with Crippen LogP contribution in [0.25, 0.3) is 10.2 Å². The van der Waals surface area contributed by atoms with Crippen LogP contribution < -0.4 is 0 Å². The van der Waals surface area contributed by atoms with E-state index in [9.17, 15) is 5.11 Å². The van der Waals surface area contributed by atoms with Gasteiger partial charge in [0.05, 0.1) is 15.9 Å². The molecule has 0 atom stereocenters. The van der Waals surface area contributed by atoms with E-state index in [0.717, 1.165) is 25.8 Å². The first kappa shape index (κ1) is 20.5. The van der Waals surface area contributed by atoms with Crippen LogP contribution in [0.2, 0.25) is 15.1 Å². The van der Waals surface area contributed by atoms with E-state index in [4.69, 9.17) is 34.8 Å². The van der Waals surface area contributed by atoms with E-state index in [-0.39, 0.29) is 5.75 Å². The maximum Gasteiger partial charge on any atom is 0.151 e. The van der Waals surface area contributed by atoms with Crippen molar-refractivity contribution in [3.05, 3.63) is 80.8 Å². The smallest absolute Gasteiger partial charge is 0.151 e. The normalized spacial score (nSPS) is 11.6. The van der Waals surface area contributed by atoms with Gasteiger partial charge < -0.3 is 5.11 Å². The van der Waals surface area contributed by atoms with Gasteiger partial charge in [-0.2, -0.15) is 0 Å². The van der Waals surface area contributed by atoms with Crippen molar-refractivity contribution < 1.29 is 5.11 Å². The lowest BCUT2D eigenvalue weighted by atomic mass is 10.2. The highest BCUT2D eigenvalue weighted by atomic mass is 35.5. The van der Waals surface area contributed by atoms with Crippen LogP contribution in [-0.2, 0) is 5.75 Å². The Bertz CT molecular complexity index is 1200. The number of rotatable bonds is 5. The topological polar surface area (TPSA) is 45.5 Å². The third-order valence-electron chi connectivity index (χ3n) is 4.10. The molecule has 0 aliphatic heterocycles. The van der Waals surface area contributed by atoms with E-state index < -0.39 is 0 Å². The molecule has 4 rings (SSSR count). The molecule has 146 valence electrons. The van der Waals surface area contributed by atoms with Crippen molar-refractivity contribution in [3.63, 3.8) is 0 Å². The van der Waals surface area contributed by atoms with Crippen molar-refractivity contribution in [2.45, 2.75) is 10.1 Å². The lowest BCUT2D eigenvalue weighted by Gasteiger charge is -2.04. The fraction of sp³-hybridized carbons (Fsp3) is 0.0476. The molecule has 3 aromatic carbocycles. The van der Waals surface area contributed by atoms with E-state index in [0.29, 0.717) is 26.4 Å². The highest BCUT2D eigenvalue weighted by Gasteiger charge is 2.10. The van der Waals surface area contributed by atoms with Crippen molar-refractivity contribution in [2.75, 3.05) is 0 Å². The van der Waals surface area contributed by atoms with Gasteiger partial charge >= 0.3 is 0 Å². The van der Waals surface area contributed by atoms with Crippen LogP contribution in [0.1, 0.15) is 11.1 Å². The molecule has 0 spiro atoms. The Morgan fingerprint density at radius 1 is 1.03 bits per heavy atom. The highest BCUT2D eigenvalue weighted by molar-refractivity contribution is 8.00. The predicted octanol–water partition coefficient (Wildman–Crippen LogP) is 8.01. The second-order valence-corrected chi connectivity index (χ2v) is 9.59. The van der Waals surface area contributed by atoms with Crippen LogP contribution in [0.15, 0.2) is 63.9 Å². The number of hydrogen-bond donors (Lipinski definition) is 1. The molecule has 1 aromatic heterocycles. The molecule has 0 radical (unpaired) electrons. The van der Waals surface area contributed by atoms with Crippen LogP contribution in [0, 0.1) is 0 Å². The van der Waals surface area contributed by atoms with Crippen molar-refractivity contribution in [1.29, 1.82) is 0 Å². The number of benzene rings is 3. The Labute approximate surface area is 191 Å². The van der Waals surface area contributed by atoms with E-state index in [1.807, 2.05) is 36.4 Å². The lowest BCUT2D eigenvalue weighted by Crippen LogP contribution is -1.84. The standard InChI is InChI=1S/C21H13Cl3N2OS2/c22-13-4-7-19(27)12(8-13)10-25-14-5-6-18-20(9-14)29-21(26-18)28-11-15-16(23)2-1-3-17(15)24/h1-10,27H,11H2. The Morgan fingerprint density at radius 2 is 1.83 bits per heavy atom. The number of aromatic hydroxyl groups is 1. The number of halogens is 3. The zero-order chi connectivity index (χ0) is 20.4. The van der Waals surface area contributed by atoms with Gasteiger partial charge in [-0.25, -0.2) is 4.98 Å². The quantitative estimate of drug-likeness (QED) is 0.233. The molecule has 1 N–H and O–H groups in total. The zero-order valence-corrected chi connectivity index (χ0v) is 18.7. The molecule has 0 saturated carbocycles. The predicted molar refractivity (Wildman–Crippen MR) is 126 cm³/mol. The Balaban J connectivity index is 1.53. The summed E-state index contributed by atoms with van der Waals surface area (Å²) < 4.78 is 1.97. The van der Waals surface area contributed by atoms with Crippen molar-refractivity contribution in [2.24, 2.45) is 4.99 Å². The van der Waals surface area contributed by atoms with Gasteiger partial charge in [0, 0.05) is 32.6 Å². The first-order chi connectivity index (χ1) is 14.0. The van der Waals surface area contributed by atoms with Gasteiger partial charge in [-0.05, 0) is 54.1 Å². The number of phenolic OH excluding ortho intramolecular Hbond substituents is 1. The molecule has 8 heteroatoms. The molecule has 4 aromatic rings. The van der Waals surface area contributed by atoms with Crippen LogP contribution >= 0.6 is 57.9 Å². The number of phenols is 1. The third-order valence-corrected chi connectivity index (χ3v) is 7.23.